The Morgan fingerprint density at radius 1 is 1.08 bits per heavy atom. The number of methoxy groups -OCH3 is 1. The monoisotopic (exact) mass is 373 g/mol. The van der Waals surface area contributed by atoms with Crippen molar-refractivity contribution in [2.24, 2.45) is 0 Å². The van der Waals surface area contributed by atoms with Crippen molar-refractivity contribution in [2.45, 2.75) is 43.4 Å². The number of fused-ring (bicyclic) bond motifs is 1. The maximum atomic E-state index is 10.8. The molecule has 2 aromatic carbocycles. The summed E-state index contributed by atoms with van der Waals surface area (Å²) in [6, 6.07) is 19.2. The minimum absolute atomic E-state index is 0. The third-order valence-electron chi connectivity index (χ3n) is 5.91. The molecule has 26 heavy (non-hydrogen) atoms. The van der Waals surface area contributed by atoms with Crippen molar-refractivity contribution in [1.29, 1.82) is 0 Å². The second-order valence-electron chi connectivity index (χ2n) is 7.38. The van der Waals surface area contributed by atoms with Gasteiger partial charge in [-0.2, -0.15) is 0 Å². The number of nitrogens with zero attached hydrogens (tertiary/aromatic N) is 1. The molecule has 4 unspecified atom stereocenters. The fourth-order valence-corrected chi connectivity index (χ4v) is 4.68. The van der Waals surface area contributed by atoms with Crippen molar-refractivity contribution in [3.05, 3.63) is 71.3 Å². The molecule has 2 aliphatic rings. The van der Waals surface area contributed by atoms with Gasteiger partial charge in [0.2, 0.25) is 0 Å². The molecule has 3 nitrogen and oxygen atoms in total. The Kier molecular flexibility index (Phi) is 6.36. The maximum Gasteiger partial charge on any atom is 0.137 e. The van der Waals surface area contributed by atoms with Gasteiger partial charge in [0.25, 0.3) is 0 Å². The topological polar surface area (TPSA) is 32.7 Å². The molecule has 0 amide bonds. The number of aliphatic hydroxyl groups excluding tert-OH is 1. The summed E-state index contributed by atoms with van der Waals surface area (Å²) in [7, 11) is 1.71. The van der Waals surface area contributed by atoms with E-state index in [1.165, 1.54) is 36.0 Å². The Hall–Kier alpha value is -1.39. The van der Waals surface area contributed by atoms with E-state index < -0.39 is 6.10 Å². The van der Waals surface area contributed by atoms with Crippen LogP contribution in [0.1, 0.15) is 41.4 Å². The molecule has 0 aromatic heterocycles. The van der Waals surface area contributed by atoms with Crippen molar-refractivity contribution in [3.8, 4) is 0 Å². The predicted octanol–water partition coefficient (Wildman–Crippen LogP) is 3.96. The van der Waals surface area contributed by atoms with Crippen molar-refractivity contribution >= 4 is 12.4 Å². The van der Waals surface area contributed by atoms with Crippen LogP contribution in [-0.2, 0) is 11.2 Å². The van der Waals surface area contributed by atoms with Gasteiger partial charge in [0, 0.05) is 26.1 Å². The van der Waals surface area contributed by atoms with Crippen LogP contribution in [0.2, 0.25) is 0 Å². The summed E-state index contributed by atoms with van der Waals surface area (Å²) in [5, 5.41) is 10.8. The highest BCUT2D eigenvalue weighted by Crippen LogP contribution is 2.37. The lowest BCUT2D eigenvalue weighted by Crippen LogP contribution is -2.39. The summed E-state index contributed by atoms with van der Waals surface area (Å²) < 4.78 is 5.69. The lowest BCUT2D eigenvalue weighted by Gasteiger charge is -2.32. The first-order valence-electron chi connectivity index (χ1n) is 9.35. The summed E-state index contributed by atoms with van der Waals surface area (Å²) in [5.41, 5.74) is 4.18. The number of hydrogen-bond donors (Lipinski definition) is 1. The van der Waals surface area contributed by atoms with Crippen LogP contribution >= 0.6 is 12.4 Å². The lowest BCUT2D eigenvalue weighted by atomic mass is 9.82. The summed E-state index contributed by atoms with van der Waals surface area (Å²) >= 11 is 0. The zero-order valence-electron chi connectivity index (χ0n) is 15.3. The number of halogens is 1. The van der Waals surface area contributed by atoms with Crippen molar-refractivity contribution in [1.82, 2.24) is 4.90 Å². The highest BCUT2D eigenvalue weighted by atomic mass is 35.5. The van der Waals surface area contributed by atoms with E-state index in [-0.39, 0.29) is 24.6 Å². The average Bonchev–Trinajstić information content (AvgIpc) is 2.98. The van der Waals surface area contributed by atoms with Crippen LogP contribution in [0.25, 0.3) is 0 Å². The fraction of sp³-hybridized carbons (Fsp3) is 0.455. The summed E-state index contributed by atoms with van der Waals surface area (Å²) in [5.74, 6) is 0.648. The van der Waals surface area contributed by atoms with Gasteiger partial charge in [0.05, 0.1) is 0 Å². The second-order valence-corrected chi connectivity index (χ2v) is 7.38. The quantitative estimate of drug-likeness (QED) is 0.880. The number of rotatable bonds is 4. The molecule has 0 bridgehead atoms. The molecule has 2 aromatic rings. The first kappa shape index (κ1) is 19.4. The molecule has 1 aliphatic heterocycles. The van der Waals surface area contributed by atoms with E-state index in [0.29, 0.717) is 5.92 Å². The van der Waals surface area contributed by atoms with Crippen LogP contribution in [0, 0.1) is 0 Å². The molecule has 4 rings (SSSR count). The smallest absolute Gasteiger partial charge is 0.137 e. The van der Waals surface area contributed by atoms with Gasteiger partial charge >= 0.3 is 0 Å². The number of benzene rings is 2. The van der Waals surface area contributed by atoms with E-state index in [4.69, 9.17) is 4.74 Å². The zero-order chi connectivity index (χ0) is 17.2. The Morgan fingerprint density at radius 2 is 1.81 bits per heavy atom. The molecule has 4 heteroatoms. The second kappa shape index (κ2) is 8.53. The van der Waals surface area contributed by atoms with Crippen LogP contribution in [0.5, 0.6) is 0 Å². The van der Waals surface area contributed by atoms with Crippen LogP contribution < -0.4 is 0 Å². The van der Waals surface area contributed by atoms with E-state index in [1.807, 2.05) is 18.2 Å². The summed E-state index contributed by atoms with van der Waals surface area (Å²) in [6.45, 7) is 1.80. The van der Waals surface area contributed by atoms with Gasteiger partial charge in [0.1, 0.15) is 12.3 Å². The fourth-order valence-electron chi connectivity index (χ4n) is 4.68. The van der Waals surface area contributed by atoms with Gasteiger partial charge in [-0.1, -0.05) is 54.6 Å². The third-order valence-corrected chi connectivity index (χ3v) is 5.91. The van der Waals surface area contributed by atoms with Crippen molar-refractivity contribution in [2.75, 3.05) is 20.2 Å². The maximum absolute atomic E-state index is 10.8. The van der Waals surface area contributed by atoms with E-state index in [0.717, 1.165) is 13.1 Å². The average molecular weight is 374 g/mol. The minimum atomic E-state index is -0.480. The van der Waals surface area contributed by atoms with Crippen molar-refractivity contribution < 1.29 is 9.84 Å². The third kappa shape index (κ3) is 3.67. The molecule has 0 saturated carbocycles. The van der Waals surface area contributed by atoms with E-state index in [2.05, 4.69) is 41.3 Å². The Bertz CT molecular complexity index is 708. The molecule has 140 valence electrons. The standard InChI is InChI=1S/C22H27NO2.ClH/c1-25-22-21(24)20(17-8-3-2-4-9-17)15-23(22)14-18-12-7-11-16-10-5-6-13-19(16)18;/h2-6,8-10,13,18,20-22,24H,7,11-12,14-15H2,1H3;1H. The number of hydrogen-bond acceptors (Lipinski definition) is 3. The van der Waals surface area contributed by atoms with E-state index in [1.54, 1.807) is 7.11 Å². The molecule has 1 aliphatic carbocycles. The molecular weight excluding hydrogens is 346 g/mol. The van der Waals surface area contributed by atoms with Gasteiger partial charge in [-0.05, 0) is 41.9 Å². The van der Waals surface area contributed by atoms with Gasteiger partial charge in [0.15, 0.2) is 0 Å². The first-order chi connectivity index (χ1) is 12.3. The molecular formula is C22H28ClNO2. The highest BCUT2D eigenvalue weighted by molar-refractivity contribution is 5.85. The van der Waals surface area contributed by atoms with Gasteiger partial charge in [-0.3, -0.25) is 4.90 Å². The summed E-state index contributed by atoms with van der Waals surface area (Å²) in [4.78, 5) is 2.34. The van der Waals surface area contributed by atoms with E-state index >= 15 is 0 Å². The number of aryl methyl sites for hydroxylation is 1. The van der Waals surface area contributed by atoms with Gasteiger partial charge in [-0.25, -0.2) is 0 Å². The van der Waals surface area contributed by atoms with Crippen molar-refractivity contribution in [3.63, 3.8) is 0 Å². The minimum Gasteiger partial charge on any atom is -0.388 e. The molecule has 4 atom stereocenters. The largest absolute Gasteiger partial charge is 0.388 e. The Morgan fingerprint density at radius 3 is 2.58 bits per heavy atom. The Labute approximate surface area is 162 Å². The molecule has 0 radical (unpaired) electrons. The summed E-state index contributed by atoms with van der Waals surface area (Å²) in [6.07, 6.45) is 2.95. The van der Waals surface area contributed by atoms with Crippen LogP contribution in [-0.4, -0.2) is 42.5 Å². The van der Waals surface area contributed by atoms with E-state index in [9.17, 15) is 5.11 Å². The molecule has 1 fully saturated rings. The zero-order valence-corrected chi connectivity index (χ0v) is 16.1. The normalized spacial score (nSPS) is 28.4. The van der Waals surface area contributed by atoms with Crippen LogP contribution in [0.4, 0.5) is 0 Å². The lowest BCUT2D eigenvalue weighted by molar-refractivity contribution is -0.0688. The van der Waals surface area contributed by atoms with Crippen LogP contribution in [0.3, 0.4) is 0 Å². The first-order valence-corrected chi connectivity index (χ1v) is 9.35. The highest BCUT2D eigenvalue weighted by Gasteiger charge is 2.42. The Balaban J connectivity index is 0.00000196. The number of ether oxygens (including phenoxy) is 1. The van der Waals surface area contributed by atoms with Crippen LogP contribution in [0.15, 0.2) is 54.6 Å². The molecule has 0 spiro atoms. The number of likely N-dealkylation sites (tertiary alicyclic amines) is 1. The molecule has 1 heterocycles. The van der Waals surface area contributed by atoms with Gasteiger partial charge < -0.3 is 9.84 Å². The predicted molar refractivity (Wildman–Crippen MR) is 107 cm³/mol. The molecule has 1 N–H and O–H groups in total. The number of aliphatic hydroxyl groups is 1. The SMILES string of the molecule is COC1C(O)C(c2ccccc2)CN1CC1CCCc2ccccc21.Cl. The van der Waals surface area contributed by atoms with Gasteiger partial charge in [-0.15, -0.1) is 12.4 Å². The molecule has 1 saturated heterocycles.